The van der Waals surface area contributed by atoms with Gasteiger partial charge in [0.25, 0.3) is 0 Å². The van der Waals surface area contributed by atoms with E-state index >= 15 is 0 Å². The van der Waals surface area contributed by atoms with Gasteiger partial charge in [-0.2, -0.15) is 4.31 Å². The average Bonchev–Trinajstić information content (AvgIpc) is 2.47. The number of carboxylic acid groups (broad SMARTS) is 1. The molecule has 7 heteroatoms. The zero-order valence-electron chi connectivity index (χ0n) is 13.1. The van der Waals surface area contributed by atoms with E-state index in [2.05, 4.69) is 0 Å². The van der Waals surface area contributed by atoms with Crippen LogP contribution in [0.3, 0.4) is 0 Å². The number of rotatable bonds is 4. The molecule has 1 aliphatic rings. The summed E-state index contributed by atoms with van der Waals surface area (Å²) < 4.78 is 26.9. The highest BCUT2D eigenvalue weighted by molar-refractivity contribution is 7.89. The van der Waals surface area contributed by atoms with Crippen LogP contribution < -0.4 is 4.90 Å². The molecule has 1 aromatic carbocycles. The molecule has 2 rings (SSSR count). The number of hydrogen-bond donors (Lipinski definition) is 1. The fraction of sp³-hybridized carbons (Fsp3) is 0.533. The number of aliphatic carboxylic acids is 1. The van der Waals surface area contributed by atoms with E-state index in [0.717, 1.165) is 5.69 Å². The van der Waals surface area contributed by atoms with E-state index in [-0.39, 0.29) is 17.5 Å². The number of nitrogens with zero attached hydrogens (tertiary/aromatic N) is 2. The lowest BCUT2D eigenvalue weighted by atomic mass is 9.96. The van der Waals surface area contributed by atoms with Crippen LogP contribution in [0.25, 0.3) is 0 Å². The molecule has 0 spiro atoms. The Balaban J connectivity index is 2.29. The molecule has 122 valence electrons. The zero-order chi connectivity index (χ0) is 16.5. The maximum Gasteiger partial charge on any atom is 0.307 e. The molecule has 0 bridgehead atoms. The number of benzene rings is 1. The number of anilines is 1. The molecule has 0 radical (unpaired) electrons. The molecule has 22 heavy (non-hydrogen) atoms. The van der Waals surface area contributed by atoms with Gasteiger partial charge in [0, 0.05) is 32.4 Å². The number of sulfonamides is 1. The monoisotopic (exact) mass is 326 g/mol. The standard InChI is InChI=1S/C15H22N2O4S/c1-11-4-5-12(15(18)19)10-17(11)22(20,21)14-8-6-13(7-9-14)16(2)3/h6-9,11-12H,4-5,10H2,1-3H3,(H,18,19). The highest BCUT2D eigenvalue weighted by Crippen LogP contribution is 2.29. The minimum absolute atomic E-state index is 0.0360. The molecule has 1 heterocycles. The topological polar surface area (TPSA) is 77.9 Å². The molecule has 0 saturated carbocycles. The van der Waals surface area contributed by atoms with Gasteiger partial charge in [0.1, 0.15) is 0 Å². The van der Waals surface area contributed by atoms with Crippen LogP contribution in [0.4, 0.5) is 5.69 Å². The minimum atomic E-state index is -3.67. The van der Waals surface area contributed by atoms with E-state index in [4.69, 9.17) is 5.11 Å². The maximum absolute atomic E-state index is 12.8. The summed E-state index contributed by atoms with van der Waals surface area (Å²) in [6, 6.07) is 6.45. The van der Waals surface area contributed by atoms with Crippen LogP contribution in [0.5, 0.6) is 0 Å². The van der Waals surface area contributed by atoms with Crippen LogP contribution in [0.2, 0.25) is 0 Å². The second-order valence-corrected chi connectivity index (χ2v) is 7.82. The van der Waals surface area contributed by atoms with Crippen molar-refractivity contribution >= 4 is 21.7 Å². The van der Waals surface area contributed by atoms with Crippen molar-refractivity contribution in [2.45, 2.75) is 30.7 Å². The smallest absolute Gasteiger partial charge is 0.307 e. The highest BCUT2D eigenvalue weighted by Gasteiger charge is 2.37. The number of piperidine rings is 1. The predicted octanol–water partition coefficient (Wildman–Crippen LogP) is 1.63. The zero-order valence-corrected chi connectivity index (χ0v) is 13.9. The summed E-state index contributed by atoms with van der Waals surface area (Å²) in [4.78, 5) is 13.3. The van der Waals surface area contributed by atoms with E-state index in [9.17, 15) is 13.2 Å². The Hall–Kier alpha value is -1.60. The quantitative estimate of drug-likeness (QED) is 0.910. The van der Waals surface area contributed by atoms with Crippen molar-refractivity contribution in [2.75, 3.05) is 25.5 Å². The first kappa shape index (κ1) is 16.8. The Morgan fingerprint density at radius 2 is 1.82 bits per heavy atom. The third-order valence-corrected chi connectivity index (χ3v) is 6.13. The van der Waals surface area contributed by atoms with E-state index < -0.39 is 21.9 Å². The first-order valence-corrected chi connectivity index (χ1v) is 8.69. The number of carboxylic acids is 1. The molecule has 0 aliphatic carbocycles. The van der Waals surface area contributed by atoms with Gasteiger partial charge in [-0.05, 0) is 44.0 Å². The van der Waals surface area contributed by atoms with Gasteiger partial charge in [0.15, 0.2) is 0 Å². The molecular weight excluding hydrogens is 304 g/mol. The highest BCUT2D eigenvalue weighted by atomic mass is 32.2. The largest absolute Gasteiger partial charge is 0.481 e. The lowest BCUT2D eigenvalue weighted by Gasteiger charge is -2.35. The normalized spacial score (nSPS) is 23.2. The van der Waals surface area contributed by atoms with E-state index in [1.807, 2.05) is 25.9 Å². The summed E-state index contributed by atoms with van der Waals surface area (Å²) in [7, 11) is 0.0966. The Bertz CT molecular complexity index is 640. The molecule has 1 aliphatic heterocycles. The molecule has 1 saturated heterocycles. The third kappa shape index (κ3) is 3.25. The molecule has 6 nitrogen and oxygen atoms in total. The second-order valence-electron chi connectivity index (χ2n) is 5.92. The van der Waals surface area contributed by atoms with Crippen LogP contribution in [0, 0.1) is 5.92 Å². The van der Waals surface area contributed by atoms with Gasteiger partial charge in [0.2, 0.25) is 10.0 Å². The van der Waals surface area contributed by atoms with Gasteiger partial charge in [-0.1, -0.05) is 0 Å². The van der Waals surface area contributed by atoms with Gasteiger partial charge in [-0.3, -0.25) is 4.79 Å². The summed E-state index contributed by atoms with van der Waals surface area (Å²) in [5.41, 5.74) is 0.911. The Morgan fingerprint density at radius 1 is 1.23 bits per heavy atom. The molecule has 1 fully saturated rings. The first-order chi connectivity index (χ1) is 10.2. The summed E-state index contributed by atoms with van der Waals surface area (Å²) in [5.74, 6) is -1.57. The van der Waals surface area contributed by atoms with Crippen LogP contribution in [0.1, 0.15) is 19.8 Å². The Labute approximate surface area is 131 Å². The fourth-order valence-corrected chi connectivity index (χ4v) is 4.37. The van der Waals surface area contributed by atoms with Crippen molar-refractivity contribution in [1.82, 2.24) is 4.31 Å². The summed E-state index contributed by atoms with van der Waals surface area (Å²) in [6.45, 7) is 1.86. The first-order valence-electron chi connectivity index (χ1n) is 7.25. The average molecular weight is 326 g/mol. The van der Waals surface area contributed by atoms with Crippen molar-refractivity contribution in [3.8, 4) is 0 Å². The lowest BCUT2D eigenvalue weighted by Crippen LogP contribution is -2.47. The van der Waals surface area contributed by atoms with Gasteiger partial charge in [0.05, 0.1) is 10.8 Å². The van der Waals surface area contributed by atoms with Gasteiger partial charge >= 0.3 is 5.97 Å². The van der Waals surface area contributed by atoms with Crippen LogP contribution in [0.15, 0.2) is 29.2 Å². The minimum Gasteiger partial charge on any atom is -0.481 e. The third-order valence-electron chi connectivity index (χ3n) is 4.13. The molecule has 2 unspecified atom stereocenters. The van der Waals surface area contributed by atoms with Crippen molar-refractivity contribution < 1.29 is 18.3 Å². The van der Waals surface area contributed by atoms with Gasteiger partial charge in [-0.15, -0.1) is 0 Å². The van der Waals surface area contributed by atoms with Crippen molar-refractivity contribution in [1.29, 1.82) is 0 Å². The Kier molecular flexibility index (Phi) is 4.77. The van der Waals surface area contributed by atoms with E-state index in [1.165, 1.54) is 4.31 Å². The Morgan fingerprint density at radius 3 is 2.32 bits per heavy atom. The van der Waals surface area contributed by atoms with Crippen LogP contribution >= 0.6 is 0 Å². The van der Waals surface area contributed by atoms with Crippen molar-refractivity contribution in [3.63, 3.8) is 0 Å². The SMILES string of the molecule is CC1CCC(C(=O)O)CN1S(=O)(=O)c1ccc(N(C)C)cc1. The molecule has 1 N–H and O–H groups in total. The maximum atomic E-state index is 12.8. The molecular formula is C15H22N2O4S. The molecule has 2 atom stereocenters. The number of carbonyl (C=O) groups is 1. The van der Waals surface area contributed by atoms with Crippen molar-refractivity contribution in [3.05, 3.63) is 24.3 Å². The van der Waals surface area contributed by atoms with Gasteiger partial charge in [-0.25, -0.2) is 8.42 Å². The van der Waals surface area contributed by atoms with Crippen LogP contribution in [-0.2, 0) is 14.8 Å². The summed E-state index contributed by atoms with van der Waals surface area (Å²) in [5, 5.41) is 9.15. The fourth-order valence-electron chi connectivity index (χ4n) is 2.66. The second kappa shape index (κ2) is 6.26. The number of hydrogen-bond acceptors (Lipinski definition) is 4. The van der Waals surface area contributed by atoms with Gasteiger partial charge < -0.3 is 10.0 Å². The predicted molar refractivity (Wildman–Crippen MR) is 84.5 cm³/mol. The molecule has 0 aromatic heterocycles. The van der Waals surface area contributed by atoms with Crippen LogP contribution in [-0.4, -0.2) is 50.5 Å². The summed E-state index contributed by atoms with van der Waals surface area (Å²) >= 11 is 0. The van der Waals surface area contributed by atoms with Crippen molar-refractivity contribution in [2.24, 2.45) is 5.92 Å². The summed E-state index contributed by atoms with van der Waals surface area (Å²) in [6.07, 6.45) is 1.08. The van der Waals surface area contributed by atoms with E-state index in [0.29, 0.717) is 12.8 Å². The van der Waals surface area contributed by atoms with E-state index in [1.54, 1.807) is 24.3 Å². The molecule has 0 amide bonds. The molecule has 1 aromatic rings. The lowest BCUT2D eigenvalue weighted by molar-refractivity contribution is -0.143.